The molecule has 5 rings (SSSR count). The molecule has 0 saturated heterocycles. The van der Waals surface area contributed by atoms with Crippen LogP contribution in [0.1, 0.15) is 78.2 Å². The van der Waals surface area contributed by atoms with Crippen LogP contribution in [0.2, 0.25) is 0 Å². The third-order valence-corrected chi connectivity index (χ3v) is 10.3. The molecule has 1 aliphatic heterocycles. The van der Waals surface area contributed by atoms with Crippen LogP contribution in [0, 0.1) is 34.0 Å². The molecule has 3 saturated carbocycles. The van der Waals surface area contributed by atoms with Crippen molar-refractivity contribution in [2.75, 3.05) is 0 Å². The highest BCUT2D eigenvalue weighted by molar-refractivity contribution is 5.75. The normalized spacial score (nSPS) is 47.1. The lowest BCUT2D eigenvalue weighted by Gasteiger charge is -2.68. The lowest BCUT2D eigenvalue weighted by Crippen LogP contribution is -2.65. The quantitative estimate of drug-likeness (QED) is 0.611. The molecule has 0 spiro atoms. The molecule has 164 valence electrons. The van der Waals surface area contributed by atoms with Gasteiger partial charge in [-0.1, -0.05) is 20.3 Å². The second-order valence-electron chi connectivity index (χ2n) is 11.7. The first kappa shape index (κ1) is 20.2. The molecule has 30 heavy (non-hydrogen) atoms. The number of phenolic OH excluding ortho intramolecular Hbond substituents is 1. The highest BCUT2D eigenvalue weighted by Crippen LogP contribution is 2.70. The number of ether oxygens (including phenoxy) is 1. The van der Waals surface area contributed by atoms with Gasteiger partial charge in [0.1, 0.15) is 17.1 Å². The van der Waals surface area contributed by atoms with Crippen LogP contribution in [0.4, 0.5) is 0 Å². The molecule has 0 radical (unpaired) electrons. The number of carboxylic acids is 1. The molecule has 4 nitrogen and oxygen atoms in total. The molecule has 1 heterocycles. The maximum Gasteiger partial charge on any atom is 0.309 e. The first-order valence-electron chi connectivity index (χ1n) is 11.8. The number of aromatic hydroxyl groups is 1. The molecular weight excluding hydrogens is 376 g/mol. The summed E-state index contributed by atoms with van der Waals surface area (Å²) in [5, 5.41) is 20.2. The van der Waals surface area contributed by atoms with Crippen LogP contribution in [-0.4, -0.2) is 21.8 Å². The maximum absolute atomic E-state index is 12.3. The van der Waals surface area contributed by atoms with Crippen molar-refractivity contribution in [3.63, 3.8) is 0 Å². The van der Waals surface area contributed by atoms with E-state index in [1.807, 2.05) is 19.1 Å². The van der Waals surface area contributed by atoms with Crippen molar-refractivity contribution < 1.29 is 19.7 Å². The fraction of sp³-hybridized carbons (Fsp3) is 0.731. The Balaban J connectivity index is 1.55. The first-order chi connectivity index (χ1) is 14.0. The van der Waals surface area contributed by atoms with Crippen molar-refractivity contribution in [3.05, 3.63) is 23.8 Å². The minimum atomic E-state index is -0.604. The summed E-state index contributed by atoms with van der Waals surface area (Å²) in [7, 11) is 0. The van der Waals surface area contributed by atoms with Gasteiger partial charge in [-0.2, -0.15) is 0 Å². The number of rotatable bonds is 1. The van der Waals surface area contributed by atoms with Crippen LogP contribution in [0.3, 0.4) is 0 Å². The Morgan fingerprint density at radius 3 is 2.40 bits per heavy atom. The summed E-state index contributed by atoms with van der Waals surface area (Å²) in [5.74, 6) is 1.77. The van der Waals surface area contributed by atoms with Gasteiger partial charge >= 0.3 is 5.97 Å². The summed E-state index contributed by atoms with van der Waals surface area (Å²) >= 11 is 0. The molecule has 0 bridgehead atoms. The third kappa shape index (κ3) is 2.48. The van der Waals surface area contributed by atoms with Crippen LogP contribution in [0.25, 0.3) is 0 Å². The maximum atomic E-state index is 12.3. The standard InChI is InChI=1S/C26H36O4/c1-23-10-5-11-25(3,22(28)29)20(23)8-12-24(2)19(23)9-13-26(4)21(24)15-16-14-17(27)6-7-18(16)30-26/h6-7,14,19-21,27H,5,8-13,15H2,1-4H3,(H,28,29)/t19?,20?,21?,23-,24-,25+,26+/m1/s1. The Bertz CT molecular complexity index is 895. The van der Waals surface area contributed by atoms with E-state index in [1.165, 1.54) is 0 Å². The number of carbonyl (C=O) groups is 1. The SMILES string of the molecule is C[C@@]12CCC3[C@](C)(CCC[C@]3(C)C(=O)O)C1CC[C@]1(C)Oc3ccc(O)cc3CC21. The topological polar surface area (TPSA) is 66.8 Å². The second-order valence-corrected chi connectivity index (χ2v) is 11.7. The van der Waals surface area contributed by atoms with Gasteiger partial charge in [-0.3, -0.25) is 4.79 Å². The molecular formula is C26H36O4. The van der Waals surface area contributed by atoms with E-state index in [0.29, 0.717) is 17.6 Å². The van der Waals surface area contributed by atoms with Crippen molar-refractivity contribution in [1.82, 2.24) is 0 Å². The molecule has 1 aromatic carbocycles. The van der Waals surface area contributed by atoms with Gasteiger partial charge < -0.3 is 14.9 Å². The van der Waals surface area contributed by atoms with Crippen molar-refractivity contribution in [3.8, 4) is 11.5 Å². The number of aliphatic carboxylic acids is 1. The van der Waals surface area contributed by atoms with E-state index < -0.39 is 11.4 Å². The number of hydrogen-bond donors (Lipinski definition) is 2. The Morgan fingerprint density at radius 2 is 1.67 bits per heavy atom. The number of carboxylic acid groups (broad SMARTS) is 1. The molecule has 3 aliphatic carbocycles. The molecule has 3 fully saturated rings. The smallest absolute Gasteiger partial charge is 0.309 e. The van der Waals surface area contributed by atoms with Crippen molar-refractivity contribution >= 4 is 5.97 Å². The summed E-state index contributed by atoms with van der Waals surface area (Å²) in [5.41, 5.74) is 0.516. The average molecular weight is 413 g/mol. The predicted octanol–water partition coefficient (Wildman–Crippen LogP) is 5.81. The number of fused-ring (bicyclic) bond motifs is 6. The summed E-state index contributed by atoms with van der Waals surface area (Å²) in [6, 6.07) is 5.51. The predicted molar refractivity (Wildman–Crippen MR) is 116 cm³/mol. The van der Waals surface area contributed by atoms with E-state index in [0.717, 1.165) is 62.7 Å². The third-order valence-electron chi connectivity index (χ3n) is 10.3. The van der Waals surface area contributed by atoms with Gasteiger partial charge in [0, 0.05) is 5.92 Å². The van der Waals surface area contributed by atoms with Gasteiger partial charge in [-0.15, -0.1) is 0 Å². The van der Waals surface area contributed by atoms with Crippen molar-refractivity contribution in [2.24, 2.45) is 34.0 Å². The van der Waals surface area contributed by atoms with Crippen molar-refractivity contribution in [1.29, 1.82) is 0 Å². The van der Waals surface area contributed by atoms with Crippen LogP contribution >= 0.6 is 0 Å². The lowest BCUT2D eigenvalue weighted by atomic mass is 9.37. The van der Waals surface area contributed by atoms with Gasteiger partial charge in [0.05, 0.1) is 5.41 Å². The number of hydrogen-bond acceptors (Lipinski definition) is 3. The van der Waals surface area contributed by atoms with Crippen LogP contribution < -0.4 is 4.74 Å². The Hall–Kier alpha value is -1.71. The largest absolute Gasteiger partial charge is 0.508 e. The average Bonchev–Trinajstić information content (AvgIpc) is 2.66. The molecule has 3 unspecified atom stereocenters. The molecule has 1 aromatic rings. The molecule has 0 amide bonds. The van der Waals surface area contributed by atoms with Gasteiger partial charge in [0.25, 0.3) is 0 Å². The zero-order valence-corrected chi connectivity index (χ0v) is 18.8. The van der Waals surface area contributed by atoms with E-state index >= 15 is 0 Å². The van der Waals surface area contributed by atoms with Crippen LogP contribution in [-0.2, 0) is 11.2 Å². The fourth-order valence-electron chi connectivity index (χ4n) is 8.86. The summed E-state index contributed by atoms with van der Waals surface area (Å²) in [6.07, 6.45) is 8.08. The van der Waals surface area contributed by atoms with Gasteiger partial charge in [-0.05, 0) is 105 Å². The molecule has 7 atom stereocenters. The zero-order chi connectivity index (χ0) is 21.5. The fourth-order valence-corrected chi connectivity index (χ4v) is 8.86. The second kappa shape index (κ2) is 6.17. The van der Waals surface area contributed by atoms with Gasteiger partial charge in [0.2, 0.25) is 0 Å². The highest BCUT2D eigenvalue weighted by atomic mass is 16.5. The zero-order valence-electron chi connectivity index (χ0n) is 18.8. The Morgan fingerprint density at radius 1 is 0.967 bits per heavy atom. The summed E-state index contributed by atoms with van der Waals surface area (Å²) in [6.45, 7) is 9.17. The summed E-state index contributed by atoms with van der Waals surface area (Å²) < 4.78 is 6.64. The summed E-state index contributed by atoms with van der Waals surface area (Å²) in [4.78, 5) is 12.3. The lowest BCUT2D eigenvalue weighted by molar-refractivity contribution is -0.214. The number of benzene rings is 1. The molecule has 2 N–H and O–H groups in total. The highest BCUT2D eigenvalue weighted by Gasteiger charge is 2.67. The molecule has 0 aromatic heterocycles. The van der Waals surface area contributed by atoms with E-state index in [1.54, 1.807) is 6.07 Å². The Labute approximate surface area is 180 Å². The molecule has 4 aliphatic rings. The van der Waals surface area contributed by atoms with Crippen LogP contribution in [0.15, 0.2) is 18.2 Å². The van der Waals surface area contributed by atoms with E-state index in [9.17, 15) is 15.0 Å². The van der Waals surface area contributed by atoms with E-state index in [-0.39, 0.29) is 22.3 Å². The first-order valence-corrected chi connectivity index (χ1v) is 11.8. The van der Waals surface area contributed by atoms with Gasteiger partial charge in [-0.25, -0.2) is 0 Å². The van der Waals surface area contributed by atoms with E-state index in [4.69, 9.17) is 4.74 Å². The monoisotopic (exact) mass is 412 g/mol. The van der Waals surface area contributed by atoms with Crippen LogP contribution in [0.5, 0.6) is 11.5 Å². The van der Waals surface area contributed by atoms with Crippen molar-refractivity contribution in [2.45, 2.75) is 84.7 Å². The minimum Gasteiger partial charge on any atom is -0.508 e. The van der Waals surface area contributed by atoms with E-state index in [2.05, 4.69) is 20.8 Å². The molecule has 4 heteroatoms. The van der Waals surface area contributed by atoms with Gasteiger partial charge in [0.15, 0.2) is 0 Å². The minimum absolute atomic E-state index is 0.0683. The number of phenols is 1. The Kier molecular flexibility index (Phi) is 4.16.